The van der Waals surface area contributed by atoms with Gasteiger partial charge in [0.1, 0.15) is 5.54 Å². The lowest BCUT2D eigenvalue weighted by Crippen LogP contribution is -2.44. The molecule has 0 unspecified atom stereocenters. The van der Waals surface area contributed by atoms with E-state index >= 15 is 0 Å². The maximum atomic E-state index is 13.3. The number of urea groups is 1. The fourth-order valence-electron chi connectivity index (χ4n) is 3.26. The average Bonchev–Trinajstić information content (AvgIpc) is 3.19. The van der Waals surface area contributed by atoms with Gasteiger partial charge in [-0.3, -0.25) is 4.79 Å². The van der Waals surface area contributed by atoms with Gasteiger partial charge < -0.3 is 4.90 Å². The maximum Gasteiger partial charge on any atom is 0.417 e. The minimum Gasteiger partial charge on any atom is -0.310 e. The van der Waals surface area contributed by atoms with E-state index in [1.54, 1.807) is 13.8 Å². The molecule has 3 amide bonds. The Labute approximate surface area is 161 Å². The van der Waals surface area contributed by atoms with Crippen molar-refractivity contribution in [2.24, 2.45) is 0 Å². The molecule has 28 heavy (non-hydrogen) atoms. The van der Waals surface area contributed by atoms with Crippen molar-refractivity contribution in [3.05, 3.63) is 60.9 Å². The Bertz CT molecular complexity index is 836. The number of nitriles is 1. The molecule has 1 heterocycles. The van der Waals surface area contributed by atoms with Crippen LogP contribution in [0, 0.1) is 42.9 Å². The first-order valence-electron chi connectivity index (χ1n) is 8.55. The number of halogens is 3. The summed E-state index contributed by atoms with van der Waals surface area (Å²) in [6.45, 7) is 3.37. The topological polar surface area (TPSA) is 64.4 Å². The van der Waals surface area contributed by atoms with E-state index in [2.05, 4.69) is 0 Å². The number of rotatable bonds is 4. The quantitative estimate of drug-likeness (QED) is 0.735. The van der Waals surface area contributed by atoms with Crippen molar-refractivity contribution < 1.29 is 22.8 Å². The summed E-state index contributed by atoms with van der Waals surface area (Å²) < 4.78 is 39.8. The highest BCUT2D eigenvalue weighted by molar-refractivity contribution is 6.23. The molecule has 0 atom stereocenters. The molecule has 1 saturated heterocycles. The largest absolute Gasteiger partial charge is 0.417 e. The molecule has 0 N–H and O–H groups in total. The van der Waals surface area contributed by atoms with Crippen LogP contribution in [0.1, 0.15) is 31.4 Å². The Balaban J connectivity index is 1.91. The molecule has 0 spiro atoms. The number of nitrogens with zero attached hydrogens (tertiary/aromatic N) is 3. The number of carbonyl (C=O) groups excluding carboxylic acids is 2. The number of anilines is 1. The van der Waals surface area contributed by atoms with Crippen LogP contribution >= 0.6 is 0 Å². The molecule has 145 valence electrons. The second-order valence-corrected chi connectivity index (χ2v) is 7.02. The molecule has 1 saturated carbocycles. The summed E-state index contributed by atoms with van der Waals surface area (Å²) in [6.07, 6.45) is 3.25. The van der Waals surface area contributed by atoms with E-state index in [1.165, 1.54) is 17.0 Å². The summed E-state index contributed by atoms with van der Waals surface area (Å²) in [5.41, 5.74) is -3.15. The van der Waals surface area contributed by atoms with Crippen LogP contribution in [-0.4, -0.2) is 28.9 Å². The van der Waals surface area contributed by atoms with Crippen LogP contribution < -0.4 is 4.90 Å². The summed E-state index contributed by atoms with van der Waals surface area (Å²) in [5, 5.41) is 8.92. The Hall–Kier alpha value is -2.56. The zero-order valence-corrected chi connectivity index (χ0v) is 15.2. The van der Waals surface area contributed by atoms with Crippen LogP contribution in [0.5, 0.6) is 0 Å². The first-order valence-corrected chi connectivity index (χ1v) is 8.55. The predicted molar refractivity (Wildman–Crippen MR) is 94.9 cm³/mol. The van der Waals surface area contributed by atoms with E-state index < -0.39 is 34.8 Å². The zero-order valence-electron chi connectivity index (χ0n) is 15.2. The van der Waals surface area contributed by atoms with Gasteiger partial charge in [0.25, 0.3) is 5.91 Å². The maximum absolute atomic E-state index is 13.3. The summed E-state index contributed by atoms with van der Waals surface area (Å²) in [5.74, 6) is 0.380. The number of alkyl halides is 3. The molecule has 3 rings (SSSR count). The Kier molecular flexibility index (Phi) is 5.13. The second-order valence-electron chi connectivity index (χ2n) is 7.02. The van der Waals surface area contributed by atoms with Crippen molar-refractivity contribution in [3.8, 4) is 6.07 Å². The van der Waals surface area contributed by atoms with Gasteiger partial charge in [-0.1, -0.05) is 0 Å². The molecule has 1 aromatic carbocycles. The van der Waals surface area contributed by atoms with E-state index in [0.717, 1.165) is 16.9 Å². The molecule has 0 bridgehead atoms. The predicted octanol–water partition coefficient (Wildman–Crippen LogP) is 3.92. The molecule has 0 aromatic heterocycles. The molecular weight excluding hydrogens is 371 g/mol. The van der Waals surface area contributed by atoms with Crippen LogP contribution in [0.15, 0.2) is 18.2 Å². The third kappa shape index (κ3) is 3.46. The van der Waals surface area contributed by atoms with Crippen LogP contribution in [0.4, 0.5) is 23.7 Å². The van der Waals surface area contributed by atoms with Gasteiger partial charge in [-0.25, -0.2) is 9.69 Å². The highest BCUT2D eigenvalue weighted by Crippen LogP contribution is 2.38. The minimum absolute atomic E-state index is 0.204. The number of hydrogen-bond donors (Lipinski definition) is 0. The number of carbonyl (C=O) groups is 2. The molecule has 2 aliphatic rings. The molecular formula is C20H17F3N3O2. The lowest BCUT2D eigenvalue weighted by atomic mass is 10.00. The van der Waals surface area contributed by atoms with Crippen molar-refractivity contribution >= 4 is 17.6 Å². The van der Waals surface area contributed by atoms with Gasteiger partial charge in [-0.2, -0.15) is 18.4 Å². The molecule has 1 aliphatic carbocycles. The van der Waals surface area contributed by atoms with Crippen molar-refractivity contribution in [2.45, 2.75) is 32.0 Å². The minimum atomic E-state index is -4.78. The third-order valence-corrected chi connectivity index (χ3v) is 4.87. The third-order valence-electron chi connectivity index (χ3n) is 4.87. The van der Waals surface area contributed by atoms with Gasteiger partial charge in [0, 0.05) is 6.54 Å². The van der Waals surface area contributed by atoms with Crippen LogP contribution in [0.3, 0.4) is 0 Å². The zero-order chi connectivity index (χ0) is 20.7. The van der Waals surface area contributed by atoms with Crippen molar-refractivity contribution in [3.63, 3.8) is 0 Å². The monoisotopic (exact) mass is 388 g/mol. The fraction of sp³-hybridized carbons (Fsp3) is 0.300. The fourth-order valence-corrected chi connectivity index (χ4v) is 3.26. The Morgan fingerprint density at radius 1 is 1.14 bits per heavy atom. The summed E-state index contributed by atoms with van der Waals surface area (Å²) in [6, 6.07) is 3.63. The second kappa shape index (κ2) is 7.12. The molecule has 5 nitrogen and oxygen atoms in total. The summed E-state index contributed by atoms with van der Waals surface area (Å²) >= 11 is 0. The van der Waals surface area contributed by atoms with Crippen molar-refractivity contribution in [1.29, 1.82) is 5.26 Å². The van der Waals surface area contributed by atoms with Crippen molar-refractivity contribution in [1.82, 2.24) is 4.90 Å². The molecule has 8 heteroatoms. The van der Waals surface area contributed by atoms with E-state index in [0.29, 0.717) is 12.5 Å². The first kappa shape index (κ1) is 20.2. The summed E-state index contributed by atoms with van der Waals surface area (Å²) in [7, 11) is 0. The SMILES string of the molecule is CC1(C)C(=O)N(c2ccc(C#N)c(C(F)(F)F)c2)C(=O)N1CC[C]1[CH][CH][CH][CH]1. The number of amides is 3. The Morgan fingerprint density at radius 2 is 1.79 bits per heavy atom. The Morgan fingerprint density at radius 3 is 2.36 bits per heavy atom. The van der Waals surface area contributed by atoms with E-state index in [9.17, 15) is 22.8 Å². The van der Waals surface area contributed by atoms with E-state index in [-0.39, 0.29) is 12.2 Å². The summed E-state index contributed by atoms with van der Waals surface area (Å²) in [4.78, 5) is 27.8. The van der Waals surface area contributed by atoms with Gasteiger partial charge >= 0.3 is 12.2 Å². The molecule has 2 fully saturated rings. The molecule has 5 radical (unpaired) electrons. The van der Waals surface area contributed by atoms with Crippen LogP contribution in [0.2, 0.25) is 0 Å². The number of imide groups is 1. The highest BCUT2D eigenvalue weighted by Gasteiger charge is 2.52. The van der Waals surface area contributed by atoms with Gasteiger partial charge in [-0.05, 0) is 70.1 Å². The van der Waals surface area contributed by atoms with E-state index in [1.807, 2.05) is 25.7 Å². The van der Waals surface area contributed by atoms with Crippen LogP contribution in [0.25, 0.3) is 0 Å². The van der Waals surface area contributed by atoms with Gasteiger partial charge in [0.05, 0.1) is 22.9 Å². The van der Waals surface area contributed by atoms with Gasteiger partial charge in [-0.15, -0.1) is 0 Å². The smallest absolute Gasteiger partial charge is 0.310 e. The van der Waals surface area contributed by atoms with Gasteiger partial charge in [0.2, 0.25) is 0 Å². The average molecular weight is 388 g/mol. The first-order chi connectivity index (χ1) is 13.1. The lowest BCUT2D eigenvalue weighted by molar-refractivity contribution is -0.137. The number of benzene rings is 1. The van der Waals surface area contributed by atoms with Gasteiger partial charge in [0.15, 0.2) is 0 Å². The standard InChI is InChI=1S/C20H17F3N3O2/c1-19(2)17(27)26(18(28)25(19)10-9-13-5-3-4-6-13)15-8-7-14(12-24)16(11-15)20(21,22)23/h3-8,11H,9-10H2,1-2H3. The number of hydrogen-bond acceptors (Lipinski definition) is 3. The lowest BCUT2D eigenvalue weighted by Gasteiger charge is -2.28. The molecule has 1 aliphatic heterocycles. The van der Waals surface area contributed by atoms with Crippen molar-refractivity contribution in [2.75, 3.05) is 11.4 Å². The van der Waals surface area contributed by atoms with E-state index in [4.69, 9.17) is 5.26 Å². The molecule has 1 aromatic rings. The normalized spacial score (nSPS) is 20.1. The van der Waals surface area contributed by atoms with Crippen LogP contribution in [-0.2, 0) is 11.0 Å². The highest BCUT2D eigenvalue weighted by atomic mass is 19.4.